The summed E-state index contributed by atoms with van der Waals surface area (Å²) in [6.07, 6.45) is 10.3. The molecule has 0 saturated carbocycles. The van der Waals surface area contributed by atoms with Gasteiger partial charge in [0.1, 0.15) is 5.75 Å². The topological polar surface area (TPSA) is 87.0 Å². The van der Waals surface area contributed by atoms with Crippen molar-refractivity contribution in [2.24, 2.45) is 0 Å². The van der Waals surface area contributed by atoms with Crippen molar-refractivity contribution < 1.29 is 24.9 Å². The first-order chi connectivity index (χ1) is 12.0. The lowest BCUT2D eigenvalue weighted by atomic mass is 10.1. The third kappa shape index (κ3) is 10.2. The van der Waals surface area contributed by atoms with Crippen LogP contribution in [0.5, 0.6) is 5.75 Å². The highest BCUT2D eigenvalue weighted by Gasteiger charge is 2.02. The predicted octanol–water partition coefficient (Wildman–Crippen LogP) is 2.88. The number of benzene rings is 1. The quantitative estimate of drug-likeness (QED) is 0.536. The molecule has 1 aromatic rings. The van der Waals surface area contributed by atoms with Gasteiger partial charge in [-0.25, -0.2) is 0 Å². The molecule has 1 rings (SSSR count). The number of aryl methyl sites for hydroxylation is 1. The third-order valence-electron chi connectivity index (χ3n) is 3.54. The summed E-state index contributed by atoms with van der Waals surface area (Å²) in [5.74, 6) is -0.106. The first-order valence-electron chi connectivity index (χ1n) is 8.23. The van der Waals surface area contributed by atoms with E-state index < -0.39 is 18.2 Å². The standard InChI is InChI=1S/C20H26O5/c1-25-19-13-9-16(10-14-19)8-11-17(21)6-4-2-3-5-7-18(22)12-15-20(23)24/h2-7,9-10,13-14,17-18,21-22H,8,11-12,15H2,1H3,(H,23,24)/b3-2-,6-4+,7-5+. The van der Waals surface area contributed by atoms with Gasteiger partial charge in [-0.3, -0.25) is 4.79 Å². The molecule has 1 aromatic carbocycles. The van der Waals surface area contributed by atoms with E-state index in [9.17, 15) is 15.0 Å². The molecule has 0 aliphatic carbocycles. The highest BCUT2D eigenvalue weighted by molar-refractivity contribution is 5.66. The van der Waals surface area contributed by atoms with Crippen LogP contribution in [0.25, 0.3) is 0 Å². The first-order valence-corrected chi connectivity index (χ1v) is 8.23. The zero-order valence-corrected chi connectivity index (χ0v) is 14.4. The molecule has 2 unspecified atom stereocenters. The summed E-state index contributed by atoms with van der Waals surface area (Å²) in [6, 6.07) is 7.76. The molecule has 0 amide bonds. The number of rotatable bonds is 11. The van der Waals surface area contributed by atoms with Crippen LogP contribution in [0.2, 0.25) is 0 Å². The maximum atomic E-state index is 10.4. The Balaban J connectivity index is 2.26. The van der Waals surface area contributed by atoms with E-state index in [4.69, 9.17) is 9.84 Å². The molecular weight excluding hydrogens is 320 g/mol. The number of aliphatic hydroxyl groups excluding tert-OH is 2. The number of allylic oxidation sites excluding steroid dienone is 4. The number of carbonyl (C=O) groups is 1. The van der Waals surface area contributed by atoms with Gasteiger partial charge in [-0.2, -0.15) is 0 Å². The molecule has 5 nitrogen and oxygen atoms in total. The first kappa shape index (κ1) is 20.7. The lowest BCUT2D eigenvalue weighted by Crippen LogP contribution is -2.05. The van der Waals surface area contributed by atoms with E-state index in [0.717, 1.165) is 17.7 Å². The lowest BCUT2D eigenvalue weighted by molar-refractivity contribution is -0.137. The Bertz CT molecular complexity index is 587. The fraction of sp³-hybridized carbons (Fsp3) is 0.350. The molecule has 2 atom stereocenters. The highest BCUT2D eigenvalue weighted by Crippen LogP contribution is 2.13. The minimum absolute atomic E-state index is 0.0600. The number of aliphatic carboxylic acids is 1. The van der Waals surface area contributed by atoms with Crippen molar-refractivity contribution in [2.75, 3.05) is 7.11 Å². The van der Waals surface area contributed by atoms with E-state index in [1.165, 1.54) is 6.08 Å². The molecule has 0 aliphatic heterocycles. The molecule has 0 spiro atoms. The molecule has 0 aliphatic rings. The molecule has 0 aromatic heterocycles. The lowest BCUT2D eigenvalue weighted by Gasteiger charge is -2.06. The van der Waals surface area contributed by atoms with Crippen molar-refractivity contribution >= 4 is 5.97 Å². The zero-order chi connectivity index (χ0) is 18.5. The van der Waals surface area contributed by atoms with Crippen LogP contribution in [0.3, 0.4) is 0 Å². The Labute approximate surface area is 148 Å². The van der Waals surface area contributed by atoms with E-state index in [-0.39, 0.29) is 12.8 Å². The van der Waals surface area contributed by atoms with Crippen molar-refractivity contribution in [1.82, 2.24) is 0 Å². The Morgan fingerprint density at radius 1 is 1.00 bits per heavy atom. The van der Waals surface area contributed by atoms with E-state index in [1.807, 2.05) is 24.3 Å². The van der Waals surface area contributed by atoms with Gasteiger partial charge in [0.15, 0.2) is 0 Å². The van der Waals surface area contributed by atoms with E-state index >= 15 is 0 Å². The van der Waals surface area contributed by atoms with Gasteiger partial charge < -0.3 is 20.1 Å². The summed E-state index contributed by atoms with van der Waals surface area (Å²) in [5, 5.41) is 27.9. The zero-order valence-electron chi connectivity index (χ0n) is 14.4. The summed E-state index contributed by atoms with van der Waals surface area (Å²) in [7, 11) is 1.63. The van der Waals surface area contributed by atoms with Gasteiger partial charge in [0.2, 0.25) is 0 Å². The number of hydrogen-bond donors (Lipinski definition) is 3. The second-order valence-electron chi connectivity index (χ2n) is 5.61. The minimum atomic E-state index is -0.922. The smallest absolute Gasteiger partial charge is 0.303 e. The highest BCUT2D eigenvalue weighted by atomic mass is 16.5. The number of ether oxygens (including phenoxy) is 1. The second-order valence-corrected chi connectivity index (χ2v) is 5.61. The fourth-order valence-corrected chi connectivity index (χ4v) is 2.08. The Hall–Kier alpha value is -2.37. The molecule has 25 heavy (non-hydrogen) atoms. The average Bonchev–Trinajstić information content (AvgIpc) is 2.61. The van der Waals surface area contributed by atoms with Crippen LogP contribution in [-0.2, 0) is 11.2 Å². The summed E-state index contributed by atoms with van der Waals surface area (Å²) < 4.78 is 5.10. The van der Waals surface area contributed by atoms with Gasteiger partial charge in [-0.1, -0.05) is 48.6 Å². The SMILES string of the molecule is COc1ccc(CCC(O)/C=C/C=C\C=C\C(O)CCC(=O)O)cc1. The van der Waals surface area contributed by atoms with Gasteiger partial charge in [-0.15, -0.1) is 0 Å². The van der Waals surface area contributed by atoms with E-state index in [1.54, 1.807) is 37.5 Å². The maximum Gasteiger partial charge on any atom is 0.303 e. The maximum absolute atomic E-state index is 10.4. The molecule has 0 radical (unpaired) electrons. The molecular formula is C20H26O5. The van der Waals surface area contributed by atoms with Crippen molar-refractivity contribution in [1.29, 1.82) is 0 Å². The fourth-order valence-electron chi connectivity index (χ4n) is 2.08. The Morgan fingerprint density at radius 3 is 2.08 bits per heavy atom. The predicted molar refractivity (Wildman–Crippen MR) is 97.6 cm³/mol. The molecule has 136 valence electrons. The van der Waals surface area contributed by atoms with Crippen LogP contribution >= 0.6 is 0 Å². The van der Waals surface area contributed by atoms with Gasteiger partial charge in [-0.05, 0) is 37.0 Å². The molecule has 3 N–H and O–H groups in total. The van der Waals surface area contributed by atoms with E-state index in [0.29, 0.717) is 6.42 Å². The summed E-state index contributed by atoms with van der Waals surface area (Å²) >= 11 is 0. The average molecular weight is 346 g/mol. The van der Waals surface area contributed by atoms with Crippen LogP contribution in [0.1, 0.15) is 24.8 Å². The number of hydrogen-bond acceptors (Lipinski definition) is 4. The number of carboxylic acid groups (broad SMARTS) is 1. The van der Waals surface area contributed by atoms with E-state index in [2.05, 4.69) is 0 Å². The molecule has 0 heterocycles. The Kier molecular flexibility index (Phi) is 9.97. The summed E-state index contributed by atoms with van der Waals surface area (Å²) in [6.45, 7) is 0. The van der Waals surface area contributed by atoms with Gasteiger partial charge >= 0.3 is 5.97 Å². The van der Waals surface area contributed by atoms with Crippen molar-refractivity contribution in [3.05, 3.63) is 66.3 Å². The largest absolute Gasteiger partial charge is 0.497 e. The molecule has 0 saturated heterocycles. The minimum Gasteiger partial charge on any atom is -0.497 e. The van der Waals surface area contributed by atoms with Crippen LogP contribution < -0.4 is 4.74 Å². The molecule has 0 fully saturated rings. The normalized spacial score (nSPS) is 14.4. The summed E-state index contributed by atoms with van der Waals surface area (Å²) in [4.78, 5) is 10.4. The van der Waals surface area contributed by atoms with Crippen molar-refractivity contribution in [2.45, 2.75) is 37.9 Å². The molecule has 5 heteroatoms. The number of aliphatic hydroxyl groups is 2. The van der Waals surface area contributed by atoms with Gasteiger partial charge in [0, 0.05) is 6.42 Å². The van der Waals surface area contributed by atoms with Crippen LogP contribution in [0.4, 0.5) is 0 Å². The summed E-state index contributed by atoms with van der Waals surface area (Å²) in [5.41, 5.74) is 1.14. The van der Waals surface area contributed by atoms with Crippen LogP contribution in [0, 0.1) is 0 Å². The monoisotopic (exact) mass is 346 g/mol. The number of methoxy groups -OCH3 is 1. The van der Waals surface area contributed by atoms with Gasteiger partial charge in [0.05, 0.1) is 19.3 Å². The Morgan fingerprint density at radius 2 is 1.56 bits per heavy atom. The molecule has 0 bridgehead atoms. The van der Waals surface area contributed by atoms with Crippen LogP contribution in [0.15, 0.2) is 60.7 Å². The number of carboxylic acids is 1. The van der Waals surface area contributed by atoms with Crippen molar-refractivity contribution in [3.8, 4) is 5.75 Å². The van der Waals surface area contributed by atoms with Gasteiger partial charge in [0.25, 0.3) is 0 Å². The van der Waals surface area contributed by atoms with Crippen LogP contribution in [-0.4, -0.2) is 40.6 Å². The second kappa shape index (κ2) is 12.1. The van der Waals surface area contributed by atoms with Crippen molar-refractivity contribution in [3.63, 3.8) is 0 Å². The third-order valence-corrected chi connectivity index (χ3v) is 3.54.